The number of hydrogen-bond donors (Lipinski definition) is 1. The number of halogens is 4. The third-order valence-corrected chi connectivity index (χ3v) is 6.64. The van der Waals surface area contributed by atoms with Gasteiger partial charge in [-0.15, -0.1) is 0 Å². The van der Waals surface area contributed by atoms with E-state index in [2.05, 4.69) is 20.1 Å². The Labute approximate surface area is 201 Å². The van der Waals surface area contributed by atoms with E-state index in [0.717, 1.165) is 0 Å². The summed E-state index contributed by atoms with van der Waals surface area (Å²) in [6.07, 6.45) is -1.92. The van der Waals surface area contributed by atoms with Crippen LogP contribution in [0.4, 0.5) is 30.4 Å². The highest BCUT2D eigenvalue weighted by atomic mass is 35.5. The summed E-state index contributed by atoms with van der Waals surface area (Å²) in [6.45, 7) is 10.9. The number of ether oxygens (including phenoxy) is 2. The second-order valence-corrected chi connectivity index (χ2v) is 9.16. The minimum Gasteiger partial charge on any atom is -0.474 e. The van der Waals surface area contributed by atoms with Crippen LogP contribution < -0.4 is 10.1 Å². The van der Waals surface area contributed by atoms with Crippen LogP contribution in [0.1, 0.15) is 25.3 Å². The van der Waals surface area contributed by atoms with Crippen LogP contribution in [0, 0.1) is 19.4 Å². The van der Waals surface area contributed by atoms with Crippen LogP contribution in [-0.2, 0) is 4.74 Å². The van der Waals surface area contributed by atoms with E-state index < -0.39 is 12.1 Å². The van der Waals surface area contributed by atoms with Gasteiger partial charge in [0, 0.05) is 31.5 Å². The topological polar surface area (TPSA) is 63.9 Å². The van der Waals surface area contributed by atoms with Crippen LogP contribution in [0.5, 0.6) is 5.88 Å². The average molecular weight is 496 g/mol. The molecule has 1 aromatic heterocycles. The quantitative estimate of drug-likeness (QED) is 0.531. The van der Waals surface area contributed by atoms with Gasteiger partial charge in [-0.05, 0) is 19.1 Å². The maximum atomic E-state index is 13.1. The van der Waals surface area contributed by atoms with Gasteiger partial charge >= 0.3 is 6.18 Å². The summed E-state index contributed by atoms with van der Waals surface area (Å²) in [5.74, 6) is -0.476. The molecule has 0 aliphatic carbocycles. The summed E-state index contributed by atoms with van der Waals surface area (Å²) < 4.78 is 51.2. The molecule has 0 amide bonds. The maximum Gasteiger partial charge on any atom is 0.392 e. The number of piperidine rings is 1. The summed E-state index contributed by atoms with van der Waals surface area (Å²) in [5.41, 5.74) is 1.72. The van der Waals surface area contributed by atoms with Crippen LogP contribution in [-0.4, -0.2) is 59.0 Å². The van der Waals surface area contributed by atoms with Crippen molar-refractivity contribution >= 4 is 28.8 Å². The third kappa shape index (κ3) is 5.37. The number of hydrogen-bond acceptors (Lipinski definition) is 6. The molecule has 1 aromatic carbocycles. The maximum absolute atomic E-state index is 13.1. The fourth-order valence-electron chi connectivity index (χ4n) is 4.39. The highest BCUT2D eigenvalue weighted by molar-refractivity contribution is 6.33. The zero-order valence-electron chi connectivity index (χ0n) is 18.8. The van der Waals surface area contributed by atoms with Gasteiger partial charge in [-0.1, -0.05) is 24.6 Å². The molecule has 3 heterocycles. The summed E-state index contributed by atoms with van der Waals surface area (Å²) >= 11 is 6.27. The van der Waals surface area contributed by atoms with E-state index in [-0.39, 0.29) is 24.7 Å². The highest BCUT2D eigenvalue weighted by Gasteiger charge is 2.44. The van der Waals surface area contributed by atoms with E-state index in [1.54, 1.807) is 18.2 Å². The van der Waals surface area contributed by atoms with E-state index in [4.69, 9.17) is 27.6 Å². The molecule has 7 nitrogen and oxygen atoms in total. The fraction of sp³-hybridized carbons (Fsp3) is 0.522. The van der Waals surface area contributed by atoms with Crippen molar-refractivity contribution in [2.45, 2.75) is 51.1 Å². The lowest BCUT2D eigenvalue weighted by Gasteiger charge is -2.49. The predicted molar refractivity (Wildman–Crippen MR) is 122 cm³/mol. The van der Waals surface area contributed by atoms with Crippen molar-refractivity contribution in [2.75, 3.05) is 25.1 Å². The Kier molecular flexibility index (Phi) is 7.17. The lowest BCUT2D eigenvalue weighted by Crippen LogP contribution is -2.60. The zero-order valence-corrected chi connectivity index (χ0v) is 19.5. The van der Waals surface area contributed by atoms with E-state index >= 15 is 0 Å². The van der Waals surface area contributed by atoms with E-state index in [0.29, 0.717) is 59.7 Å². The van der Waals surface area contributed by atoms with Gasteiger partial charge in [0.15, 0.2) is 5.69 Å². The number of nitrogens with one attached hydrogen (secondary N) is 1. The molecular weight excluding hydrogens is 471 g/mol. The minimum absolute atomic E-state index is 0.0391. The largest absolute Gasteiger partial charge is 0.474 e. The number of morpholine rings is 1. The number of rotatable bonds is 6. The van der Waals surface area contributed by atoms with Crippen molar-refractivity contribution in [1.29, 1.82) is 0 Å². The first-order valence-corrected chi connectivity index (χ1v) is 11.4. The number of fused-ring (bicyclic) bond motifs is 2. The molecule has 2 aliphatic rings. The van der Waals surface area contributed by atoms with Crippen molar-refractivity contribution in [3.63, 3.8) is 0 Å². The molecular formula is C23H25ClF3N5O2. The monoisotopic (exact) mass is 495 g/mol. The van der Waals surface area contributed by atoms with E-state index in [1.807, 2.05) is 11.8 Å². The number of aromatic nitrogens is 2. The Bertz CT molecular complexity index is 1060. The molecule has 2 aliphatic heterocycles. The van der Waals surface area contributed by atoms with Crippen LogP contribution in [0.15, 0.2) is 24.5 Å². The molecule has 3 unspecified atom stereocenters. The fourth-order valence-corrected chi connectivity index (χ4v) is 4.62. The smallest absolute Gasteiger partial charge is 0.392 e. The molecule has 1 N–H and O–H groups in total. The molecule has 4 rings (SSSR count). The number of benzene rings is 1. The number of nitrogens with zero attached hydrogens (tertiary/aromatic N) is 4. The van der Waals surface area contributed by atoms with Gasteiger partial charge in [0.25, 0.3) is 0 Å². The lowest BCUT2D eigenvalue weighted by molar-refractivity contribution is -0.187. The summed E-state index contributed by atoms with van der Waals surface area (Å²) in [5, 5.41) is 3.54. The van der Waals surface area contributed by atoms with Crippen molar-refractivity contribution in [2.24, 2.45) is 5.92 Å². The Morgan fingerprint density at radius 3 is 2.62 bits per heavy atom. The van der Waals surface area contributed by atoms with E-state index in [1.165, 1.54) is 13.3 Å². The zero-order chi connectivity index (χ0) is 24.5. The van der Waals surface area contributed by atoms with Gasteiger partial charge in [-0.2, -0.15) is 13.2 Å². The SMILES string of the molecule is [C-]#[N+]c1ccc(Nc2ncnc(OC3CC4COC[C@@H](C3)N4CC(C)C(F)(F)F)c2C)c(Cl)c1. The van der Waals surface area contributed by atoms with Crippen molar-refractivity contribution in [3.05, 3.63) is 46.5 Å². The van der Waals surface area contributed by atoms with Gasteiger partial charge in [0.05, 0.1) is 42.0 Å². The molecule has 4 atom stereocenters. The Morgan fingerprint density at radius 1 is 1.29 bits per heavy atom. The van der Waals surface area contributed by atoms with E-state index in [9.17, 15) is 13.2 Å². The minimum atomic E-state index is -4.22. The van der Waals surface area contributed by atoms with Gasteiger partial charge < -0.3 is 14.8 Å². The average Bonchev–Trinajstić information content (AvgIpc) is 2.77. The Balaban J connectivity index is 1.45. The molecule has 11 heteroatoms. The molecule has 182 valence electrons. The van der Waals surface area contributed by atoms with Crippen LogP contribution in [0.25, 0.3) is 4.85 Å². The summed E-state index contributed by atoms with van der Waals surface area (Å²) in [4.78, 5) is 13.8. The van der Waals surface area contributed by atoms with Gasteiger partial charge in [-0.25, -0.2) is 14.8 Å². The second-order valence-electron chi connectivity index (χ2n) is 8.75. The van der Waals surface area contributed by atoms with Crippen molar-refractivity contribution in [3.8, 4) is 5.88 Å². The standard InChI is InChI=1S/C23H25ClF3N5O2/c1-13(23(25,26)27)9-32-16-7-18(8-17(32)11-33-10-16)34-22-14(2)21(29-12-30-22)31-20-5-4-15(28-3)6-19(20)24/h4-6,12-13,16-18H,7-11H2,1-2H3,(H,29,30,31)/t13?,16-,17?,18?/m1/s1. The number of alkyl halides is 3. The Hall–Kier alpha value is -2.61. The summed E-state index contributed by atoms with van der Waals surface area (Å²) in [6, 6.07) is 4.66. The van der Waals surface area contributed by atoms with Gasteiger partial charge in [0.1, 0.15) is 18.2 Å². The Morgan fingerprint density at radius 2 is 2.00 bits per heavy atom. The molecule has 2 aromatic rings. The van der Waals surface area contributed by atoms with Gasteiger partial charge in [-0.3, -0.25) is 4.90 Å². The molecule has 2 bridgehead atoms. The first-order chi connectivity index (χ1) is 16.2. The van der Waals surface area contributed by atoms with Crippen molar-refractivity contribution < 1.29 is 22.6 Å². The van der Waals surface area contributed by atoms with Crippen LogP contribution in [0.2, 0.25) is 5.02 Å². The molecule has 34 heavy (non-hydrogen) atoms. The normalized spacial score (nSPS) is 23.7. The third-order valence-electron chi connectivity index (χ3n) is 6.32. The highest BCUT2D eigenvalue weighted by Crippen LogP contribution is 2.36. The first-order valence-electron chi connectivity index (χ1n) is 11.0. The van der Waals surface area contributed by atoms with Gasteiger partial charge in [0.2, 0.25) is 5.88 Å². The molecule has 0 saturated carbocycles. The molecule has 2 saturated heterocycles. The lowest BCUT2D eigenvalue weighted by atomic mass is 9.90. The molecule has 2 fully saturated rings. The summed E-state index contributed by atoms with van der Waals surface area (Å²) in [7, 11) is 0. The van der Waals surface area contributed by atoms with Crippen molar-refractivity contribution in [1.82, 2.24) is 14.9 Å². The first kappa shape index (κ1) is 24.5. The van der Waals surface area contributed by atoms with Crippen LogP contribution in [0.3, 0.4) is 0 Å². The van der Waals surface area contributed by atoms with Crippen LogP contribution >= 0.6 is 11.6 Å². The second kappa shape index (κ2) is 9.94. The predicted octanol–water partition coefficient (Wildman–Crippen LogP) is 5.54. The number of anilines is 2. The molecule has 0 spiro atoms. The molecule has 0 radical (unpaired) electrons.